The van der Waals surface area contributed by atoms with Crippen LogP contribution in [0.5, 0.6) is 0 Å². The molecule has 0 saturated heterocycles. The third-order valence-electron chi connectivity index (χ3n) is 5.08. The first kappa shape index (κ1) is 17.2. The highest BCUT2D eigenvalue weighted by atomic mass is 32.2. The van der Waals surface area contributed by atoms with Gasteiger partial charge in [-0.1, -0.05) is 26.0 Å². The number of carbonyl (C=O) groups excluding carboxylic acids is 1. The van der Waals surface area contributed by atoms with Gasteiger partial charge < -0.3 is 5.32 Å². The van der Waals surface area contributed by atoms with Crippen LogP contribution in [0.25, 0.3) is 0 Å². The lowest BCUT2D eigenvalue weighted by molar-refractivity contribution is -0.120. The van der Waals surface area contributed by atoms with Crippen molar-refractivity contribution in [1.29, 1.82) is 0 Å². The molecular formula is C18H24N2O3S. The van der Waals surface area contributed by atoms with Crippen molar-refractivity contribution in [1.82, 2.24) is 4.31 Å². The summed E-state index contributed by atoms with van der Waals surface area (Å²) in [5.41, 5.74) is 0.644. The minimum Gasteiger partial charge on any atom is -0.326 e. The van der Waals surface area contributed by atoms with E-state index in [4.69, 9.17) is 0 Å². The quantitative estimate of drug-likeness (QED) is 0.804. The second-order valence-corrected chi connectivity index (χ2v) is 8.43. The number of allylic oxidation sites excluding steroid dienone is 2. The Labute approximate surface area is 143 Å². The molecule has 0 heterocycles. The topological polar surface area (TPSA) is 66.5 Å². The van der Waals surface area contributed by atoms with Gasteiger partial charge in [-0.05, 0) is 48.9 Å². The van der Waals surface area contributed by atoms with Gasteiger partial charge in [-0.2, -0.15) is 4.31 Å². The van der Waals surface area contributed by atoms with Crippen LogP contribution < -0.4 is 5.32 Å². The van der Waals surface area contributed by atoms with E-state index in [0.717, 1.165) is 12.8 Å². The maximum Gasteiger partial charge on any atom is 0.243 e. The molecule has 0 aliphatic heterocycles. The minimum atomic E-state index is -3.46. The molecule has 2 bridgehead atoms. The number of rotatable bonds is 6. The summed E-state index contributed by atoms with van der Waals surface area (Å²) in [4.78, 5) is 12.7. The number of carbonyl (C=O) groups is 1. The first-order valence-electron chi connectivity index (χ1n) is 8.55. The van der Waals surface area contributed by atoms with Gasteiger partial charge >= 0.3 is 0 Å². The summed E-state index contributed by atoms with van der Waals surface area (Å²) in [5.74, 6) is 0.981. The van der Waals surface area contributed by atoms with Crippen molar-refractivity contribution < 1.29 is 13.2 Å². The normalized spacial score (nSPS) is 25.4. The average molecular weight is 348 g/mol. The van der Waals surface area contributed by atoms with Gasteiger partial charge in [-0.3, -0.25) is 4.79 Å². The molecular weight excluding hydrogens is 324 g/mol. The van der Waals surface area contributed by atoms with E-state index in [0.29, 0.717) is 30.6 Å². The zero-order valence-electron chi connectivity index (χ0n) is 14.1. The van der Waals surface area contributed by atoms with E-state index in [1.54, 1.807) is 24.3 Å². The monoisotopic (exact) mass is 348 g/mol. The second kappa shape index (κ2) is 6.69. The van der Waals surface area contributed by atoms with Gasteiger partial charge in [-0.25, -0.2) is 8.42 Å². The lowest BCUT2D eigenvalue weighted by atomic mass is 9.93. The third-order valence-corrected chi connectivity index (χ3v) is 7.14. The van der Waals surface area contributed by atoms with Gasteiger partial charge in [0, 0.05) is 24.7 Å². The molecule has 3 atom stereocenters. The Hall–Kier alpha value is -1.66. The molecule has 5 nitrogen and oxygen atoms in total. The molecule has 1 saturated carbocycles. The summed E-state index contributed by atoms with van der Waals surface area (Å²) in [6.45, 7) is 4.52. The Bertz CT molecular complexity index is 736. The number of anilines is 1. The molecule has 130 valence electrons. The van der Waals surface area contributed by atoms with Crippen molar-refractivity contribution >= 4 is 21.6 Å². The minimum absolute atomic E-state index is 0.0335. The summed E-state index contributed by atoms with van der Waals surface area (Å²) in [7, 11) is -3.46. The maximum atomic E-state index is 12.5. The Kier molecular flexibility index (Phi) is 4.78. The zero-order valence-corrected chi connectivity index (χ0v) is 14.9. The molecule has 1 amide bonds. The summed E-state index contributed by atoms with van der Waals surface area (Å²) in [6.07, 6.45) is 6.36. The smallest absolute Gasteiger partial charge is 0.243 e. The number of sulfonamides is 1. The van der Waals surface area contributed by atoms with Crippen molar-refractivity contribution in [2.24, 2.45) is 17.8 Å². The molecule has 1 aromatic carbocycles. The molecule has 0 radical (unpaired) electrons. The van der Waals surface area contributed by atoms with Crippen molar-refractivity contribution in [3.8, 4) is 0 Å². The van der Waals surface area contributed by atoms with E-state index in [2.05, 4.69) is 17.5 Å². The van der Waals surface area contributed by atoms with Crippen LogP contribution >= 0.6 is 0 Å². The van der Waals surface area contributed by atoms with Crippen LogP contribution in [-0.2, 0) is 14.8 Å². The summed E-state index contributed by atoms with van der Waals surface area (Å²) in [6, 6.07) is 6.45. The van der Waals surface area contributed by atoms with E-state index < -0.39 is 10.0 Å². The fourth-order valence-corrected chi connectivity index (χ4v) is 5.20. The molecule has 2 aliphatic carbocycles. The van der Waals surface area contributed by atoms with Crippen LogP contribution in [0.2, 0.25) is 0 Å². The van der Waals surface area contributed by atoms with E-state index in [1.807, 2.05) is 13.8 Å². The Balaban J connectivity index is 1.69. The fraction of sp³-hybridized carbons (Fsp3) is 0.500. The van der Waals surface area contributed by atoms with Crippen molar-refractivity contribution in [3.05, 3.63) is 36.4 Å². The largest absolute Gasteiger partial charge is 0.326 e. The van der Waals surface area contributed by atoms with Crippen LogP contribution in [0.3, 0.4) is 0 Å². The SMILES string of the molecule is CCN(CC)S(=O)(=O)c1ccc(NC(=O)[C@@H]2C[C@@H]3C=C[C@H]2C3)cc1. The van der Waals surface area contributed by atoms with Crippen molar-refractivity contribution in [3.63, 3.8) is 0 Å². The summed E-state index contributed by atoms with van der Waals surface area (Å²) >= 11 is 0. The Morgan fingerprint density at radius 3 is 2.29 bits per heavy atom. The van der Waals surface area contributed by atoms with Crippen LogP contribution in [0.15, 0.2) is 41.3 Å². The van der Waals surface area contributed by atoms with Crippen LogP contribution in [-0.4, -0.2) is 31.7 Å². The highest BCUT2D eigenvalue weighted by Gasteiger charge is 2.39. The molecule has 3 rings (SSSR count). The van der Waals surface area contributed by atoms with Crippen LogP contribution in [0, 0.1) is 17.8 Å². The molecule has 24 heavy (non-hydrogen) atoms. The number of fused-ring (bicyclic) bond motifs is 2. The molecule has 2 aliphatic rings. The molecule has 6 heteroatoms. The number of hydrogen-bond donors (Lipinski definition) is 1. The molecule has 0 spiro atoms. The summed E-state index contributed by atoms with van der Waals surface area (Å²) < 4.78 is 26.3. The van der Waals surface area contributed by atoms with E-state index in [-0.39, 0.29) is 16.7 Å². The third kappa shape index (κ3) is 3.13. The zero-order chi connectivity index (χ0) is 17.3. The summed E-state index contributed by atoms with van der Waals surface area (Å²) in [5, 5.41) is 2.92. The predicted molar refractivity (Wildman–Crippen MR) is 94.0 cm³/mol. The predicted octanol–water partition coefficient (Wildman–Crippen LogP) is 2.87. The molecule has 0 aromatic heterocycles. The molecule has 0 unspecified atom stereocenters. The van der Waals surface area contributed by atoms with E-state index in [1.165, 1.54) is 4.31 Å². The number of nitrogens with zero attached hydrogens (tertiary/aromatic N) is 1. The first-order valence-corrected chi connectivity index (χ1v) is 9.99. The van der Waals surface area contributed by atoms with Crippen molar-refractivity contribution in [2.75, 3.05) is 18.4 Å². The van der Waals surface area contributed by atoms with E-state index >= 15 is 0 Å². The lowest BCUT2D eigenvalue weighted by Gasteiger charge is -2.19. The van der Waals surface area contributed by atoms with Crippen LogP contribution in [0.4, 0.5) is 5.69 Å². The van der Waals surface area contributed by atoms with Gasteiger partial charge in [0.15, 0.2) is 0 Å². The second-order valence-electron chi connectivity index (χ2n) is 6.49. The average Bonchev–Trinajstić information content (AvgIpc) is 3.19. The van der Waals surface area contributed by atoms with Gasteiger partial charge in [0.25, 0.3) is 0 Å². The highest BCUT2D eigenvalue weighted by molar-refractivity contribution is 7.89. The molecule has 1 N–H and O–H groups in total. The van der Waals surface area contributed by atoms with Gasteiger partial charge in [0.05, 0.1) is 4.90 Å². The standard InChI is InChI=1S/C18H24N2O3S/c1-3-20(4-2)24(22,23)16-9-7-15(8-10-16)19-18(21)17-12-13-5-6-14(17)11-13/h5-10,13-14,17H,3-4,11-12H2,1-2H3,(H,19,21)/t13-,14+,17-/m1/s1. The molecule has 1 fully saturated rings. The number of hydrogen-bond acceptors (Lipinski definition) is 3. The fourth-order valence-electron chi connectivity index (χ4n) is 3.74. The Morgan fingerprint density at radius 2 is 1.79 bits per heavy atom. The number of amides is 1. The Morgan fingerprint density at radius 1 is 1.12 bits per heavy atom. The highest BCUT2D eigenvalue weighted by Crippen LogP contribution is 2.43. The maximum absolute atomic E-state index is 12.5. The molecule has 1 aromatic rings. The number of benzene rings is 1. The van der Waals surface area contributed by atoms with Crippen molar-refractivity contribution in [2.45, 2.75) is 31.6 Å². The number of nitrogens with one attached hydrogen (secondary N) is 1. The van der Waals surface area contributed by atoms with Gasteiger partial charge in [-0.15, -0.1) is 0 Å². The van der Waals surface area contributed by atoms with Gasteiger partial charge in [0.2, 0.25) is 15.9 Å². The first-order chi connectivity index (χ1) is 11.5. The van der Waals surface area contributed by atoms with E-state index in [9.17, 15) is 13.2 Å². The van der Waals surface area contributed by atoms with Crippen LogP contribution in [0.1, 0.15) is 26.7 Å². The lowest BCUT2D eigenvalue weighted by Crippen LogP contribution is -2.30. The van der Waals surface area contributed by atoms with Gasteiger partial charge in [0.1, 0.15) is 0 Å².